The molecule has 0 saturated carbocycles. The summed E-state index contributed by atoms with van der Waals surface area (Å²) in [7, 11) is 0. The first-order valence-electron chi connectivity index (χ1n) is 9.19. The van der Waals surface area contributed by atoms with Gasteiger partial charge in [0.2, 0.25) is 0 Å². The summed E-state index contributed by atoms with van der Waals surface area (Å²) in [5.74, 6) is -0.443. The number of carbonyl (C=O) groups is 1. The standard InChI is InChI=1S/C23H17FN2OS/c24-17-7-8-20-18(12-17)19(13-21(25-20)22-6-3-11-28-22)23(27)26-10-9-15-4-1-2-5-16(15)14-26/h1-8,11-13H,9-10,14H2. The van der Waals surface area contributed by atoms with E-state index in [2.05, 4.69) is 17.1 Å². The number of pyridine rings is 1. The third kappa shape index (κ3) is 2.98. The summed E-state index contributed by atoms with van der Waals surface area (Å²) in [5, 5.41) is 2.54. The van der Waals surface area contributed by atoms with Gasteiger partial charge in [0, 0.05) is 18.5 Å². The van der Waals surface area contributed by atoms with Crippen molar-refractivity contribution in [2.75, 3.05) is 6.54 Å². The minimum Gasteiger partial charge on any atom is -0.334 e. The van der Waals surface area contributed by atoms with Crippen molar-refractivity contribution in [2.24, 2.45) is 0 Å². The molecule has 28 heavy (non-hydrogen) atoms. The van der Waals surface area contributed by atoms with E-state index < -0.39 is 0 Å². The number of nitrogens with zero attached hydrogens (tertiary/aromatic N) is 2. The molecule has 0 saturated heterocycles. The lowest BCUT2D eigenvalue weighted by Gasteiger charge is -2.29. The monoisotopic (exact) mass is 388 g/mol. The number of aromatic nitrogens is 1. The number of fused-ring (bicyclic) bond motifs is 2. The Balaban J connectivity index is 1.61. The Bertz CT molecular complexity index is 1190. The molecule has 5 rings (SSSR count). The van der Waals surface area contributed by atoms with Gasteiger partial charge in [-0.1, -0.05) is 30.3 Å². The second-order valence-electron chi connectivity index (χ2n) is 6.94. The molecule has 0 radical (unpaired) electrons. The summed E-state index contributed by atoms with van der Waals surface area (Å²) in [6.07, 6.45) is 0.830. The van der Waals surface area contributed by atoms with Crippen LogP contribution in [-0.2, 0) is 13.0 Å². The number of hydrogen-bond acceptors (Lipinski definition) is 3. The van der Waals surface area contributed by atoms with E-state index in [1.807, 2.05) is 34.5 Å². The van der Waals surface area contributed by atoms with Crippen molar-refractivity contribution in [1.82, 2.24) is 9.88 Å². The molecule has 0 unspecified atom stereocenters. The first-order valence-corrected chi connectivity index (χ1v) is 10.1. The summed E-state index contributed by atoms with van der Waals surface area (Å²) in [5.41, 5.74) is 4.34. The molecule has 4 aromatic rings. The van der Waals surface area contributed by atoms with Crippen molar-refractivity contribution in [3.63, 3.8) is 0 Å². The Morgan fingerprint density at radius 2 is 1.89 bits per heavy atom. The highest BCUT2D eigenvalue weighted by Crippen LogP contribution is 2.30. The van der Waals surface area contributed by atoms with E-state index in [1.165, 1.54) is 23.3 Å². The lowest BCUT2D eigenvalue weighted by atomic mass is 9.98. The van der Waals surface area contributed by atoms with E-state index in [4.69, 9.17) is 0 Å². The van der Waals surface area contributed by atoms with Crippen LogP contribution in [0, 0.1) is 5.82 Å². The zero-order valence-electron chi connectivity index (χ0n) is 15.1. The van der Waals surface area contributed by atoms with Crippen LogP contribution in [0.15, 0.2) is 66.0 Å². The Labute approximate surface area is 166 Å². The first kappa shape index (κ1) is 17.1. The molecule has 0 atom stereocenters. The van der Waals surface area contributed by atoms with Gasteiger partial charge in [0.05, 0.1) is 21.7 Å². The van der Waals surface area contributed by atoms with Gasteiger partial charge in [-0.25, -0.2) is 9.37 Å². The molecule has 0 spiro atoms. The summed E-state index contributed by atoms with van der Waals surface area (Å²) in [4.78, 5) is 20.9. The fourth-order valence-corrected chi connectivity index (χ4v) is 4.45. The number of carbonyl (C=O) groups excluding carboxylic acids is 1. The van der Waals surface area contributed by atoms with Gasteiger partial charge in [0.15, 0.2) is 0 Å². The third-order valence-corrected chi connectivity index (χ3v) is 6.09. The van der Waals surface area contributed by atoms with Gasteiger partial charge in [0.1, 0.15) is 5.82 Å². The molecule has 138 valence electrons. The van der Waals surface area contributed by atoms with E-state index in [0.29, 0.717) is 29.6 Å². The summed E-state index contributed by atoms with van der Waals surface area (Å²) >= 11 is 1.57. The number of amides is 1. The van der Waals surface area contributed by atoms with Crippen molar-refractivity contribution >= 4 is 28.1 Å². The number of thiophene rings is 1. The van der Waals surface area contributed by atoms with Gasteiger partial charge in [0.25, 0.3) is 5.91 Å². The third-order valence-electron chi connectivity index (χ3n) is 5.19. The van der Waals surface area contributed by atoms with Gasteiger partial charge >= 0.3 is 0 Å². The Hall–Kier alpha value is -3.05. The summed E-state index contributed by atoms with van der Waals surface area (Å²) in [6, 6.07) is 18.4. The topological polar surface area (TPSA) is 33.2 Å². The number of halogens is 1. The van der Waals surface area contributed by atoms with Crippen molar-refractivity contribution in [2.45, 2.75) is 13.0 Å². The van der Waals surface area contributed by atoms with E-state index in [-0.39, 0.29) is 11.7 Å². The zero-order chi connectivity index (χ0) is 19.1. The van der Waals surface area contributed by atoms with E-state index >= 15 is 0 Å². The highest BCUT2D eigenvalue weighted by Gasteiger charge is 2.24. The van der Waals surface area contributed by atoms with Crippen molar-refractivity contribution in [3.8, 4) is 10.6 Å². The SMILES string of the molecule is O=C(c1cc(-c2cccs2)nc2ccc(F)cc12)N1CCc2ccccc2C1. The minimum absolute atomic E-state index is 0.0784. The average Bonchev–Trinajstić information content (AvgIpc) is 3.27. The van der Waals surface area contributed by atoms with Crippen molar-refractivity contribution in [3.05, 3.63) is 88.6 Å². The van der Waals surface area contributed by atoms with Crippen molar-refractivity contribution < 1.29 is 9.18 Å². The normalized spacial score (nSPS) is 13.5. The minimum atomic E-state index is -0.365. The highest BCUT2D eigenvalue weighted by molar-refractivity contribution is 7.13. The quantitative estimate of drug-likeness (QED) is 0.467. The summed E-state index contributed by atoms with van der Waals surface area (Å²) < 4.78 is 13.9. The van der Waals surface area contributed by atoms with E-state index in [1.54, 1.807) is 23.5 Å². The van der Waals surface area contributed by atoms with Gasteiger partial charge in [-0.05, 0) is 53.3 Å². The molecule has 5 heteroatoms. The predicted molar refractivity (Wildman–Crippen MR) is 110 cm³/mol. The highest BCUT2D eigenvalue weighted by atomic mass is 32.1. The number of benzene rings is 2. The number of hydrogen-bond donors (Lipinski definition) is 0. The molecule has 2 aromatic heterocycles. The average molecular weight is 388 g/mol. The van der Waals surface area contributed by atoms with Crippen LogP contribution in [-0.4, -0.2) is 22.3 Å². The van der Waals surface area contributed by atoms with E-state index in [0.717, 1.165) is 17.0 Å². The van der Waals surface area contributed by atoms with Gasteiger partial charge in [-0.2, -0.15) is 0 Å². The fourth-order valence-electron chi connectivity index (χ4n) is 3.76. The molecular weight excluding hydrogens is 371 g/mol. The van der Waals surface area contributed by atoms with Gasteiger partial charge < -0.3 is 4.90 Å². The van der Waals surface area contributed by atoms with Crippen LogP contribution in [0.4, 0.5) is 4.39 Å². The van der Waals surface area contributed by atoms with Crippen LogP contribution in [0.5, 0.6) is 0 Å². The fraction of sp³-hybridized carbons (Fsp3) is 0.130. The van der Waals surface area contributed by atoms with Crippen LogP contribution >= 0.6 is 11.3 Å². The maximum atomic E-state index is 13.9. The molecule has 1 aliphatic rings. The summed E-state index contributed by atoms with van der Waals surface area (Å²) in [6.45, 7) is 1.23. The Morgan fingerprint density at radius 1 is 1.04 bits per heavy atom. The first-order chi connectivity index (χ1) is 13.7. The van der Waals surface area contributed by atoms with Crippen LogP contribution in [0.1, 0.15) is 21.5 Å². The van der Waals surface area contributed by atoms with Crippen LogP contribution < -0.4 is 0 Å². The molecule has 0 N–H and O–H groups in total. The molecule has 1 aliphatic heterocycles. The molecule has 3 nitrogen and oxygen atoms in total. The molecule has 2 aromatic carbocycles. The molecule has 3 heterocycles. The predicted octanol–water partition coefficient (Wildman–Crippen LogP) is 5.30. The lowest BCUT2D eigenvalue weighted by Crippen LogP contribution is -2.36. The zero-order valence-corrected chi connectivity index (χ0v) is 15.9. The van der Waals surface area contributed by atoms with Crippen LogP contribution in [0.2, 0.25) is 0 Å². The van der Waals surface area contributed by atoms with Gasteiger partial charge in [-0.3, -0.25) is 4.79 Å². The smallest absolute Gasteiger partial charge is 0.254 e. The van der Waals surface area contributed by atoms with Gasteiger partial charge in [-0.15, -0.1) is 11.3 Å². The molecule has 1 amide bonds. The second kappa shape index (κ2) is 6.84. The maximum Gasteiger partial charge on any atom is 0.254 e. The molecule has 0 aliphatic carbocycles. The molecule has 0 fully saturated rings. The van der Waals surface area contributed by atoms with E-state index in [9.17, 15) is 9.18 Å². The maximum absolute atomic E-state index is 13.9. The number of rotatable bonds is 2. The second-order valence-corrected chi connectivity index (χ2v) is 7.89. The van der Waals surface area contributed by atoms with Crippen LogP contribution in [0.25, 0.3) is 21.5 Å². The largest absolute Gasteiger partial charge is 0.334 e. The Kier molecular flexibility index (Phi) is 4.17. The van der Waals surface area contributed by atoms with Crippen molar-refractivity contribution in [1.29, 1.82) is 0 Å². The molecular formula is C23H17FN2OS. The van der Waals surface area contributed by atoms with Crippen LogP contribution in [0.3, 0.4) is 0 Å². The Morgan fingerprint density at radius 3 is 2.71 bits per heavy atom. The molecule has 0 bridgehead atoms. The lowest BCUT2D eigenvalue weighted by molar-refractivity contribution is 0.0736.